The fourth-order valence-electron chi connectivity index (χ4n) is 4.22. The highest BCUT2D eigenvalue weighted by Crippen LogP contribution is 2.43. The molecule has 138 valence electrons. The topological polar surface area (TPSA) is 84.7 Å². The van der Waals surface area contributed by atoms with Gasteiger partial charge in [-0.3, -0.25) is 14.2 Å². The predicted molar refractivity (Wildman–Crippen MR) is 95.8 cm³/mol. The smallest absolute Gasteiger partial charge is 0.311 e. The maximum Gasteiger partial charge on any atom is 0.311 e. The minimum atomic E-state index is -0.880. The molecule has 2 aromatic rings. The van der Waals surface area contributed by atoms with Gasteiger partial charge in [-0.25, -0.2) is 4.98 Å². The number of aryl methyl sites for hydroxylation is 1. The van der Waals surface area contributed by atoms with E-state index < -0.39 is 11.4 Å². The normalized spacial score (nSPS) is 25.3. The van der Waals surface area contributed by atoms with Crippen LogP contribution in [-0.4, -0.2) is 57.7 Å². The van der Waals surface area contributed by atoms with Crippen LogP contribution in [0.5, 0.6) is 0 Å². The number of ether oxygens (including phenoxy) is 1. The molecule has 2 aromatic heterocycles. The first kappa shape index (κ1) is 17.2. The molecule has 8 heteroatoms. The summed E-state index contributed by atoms with van der Waals surface area (Å²) in [5.41, 5.74) is 1.50. The van der Waals surface area contributed by atoms with Gasteiger partial charge in [0.15, 0.2) is 5.13 Å². The third-order valence-corrected chi connectivity index (χ3v) is 6.45. The molecule has 2 aliphatic rings. The lowest BCUT2D eigenvalue weighted by atomic mass is 9.74. The second-order valence-electron chi connectivity index (χ2n) is 7.10. The molecule has 26 heavy (non-hydrogen) atoms. The van der Waals surface area contributed by atoms with E-state index in [1.54, 1.807) is 11.1 Å². The number of nitrogens with zero attached hydrogens (tertiary/aromatic N) is 3. The molecular weight excluding hydrogens is 354 g/mol. The zero-order valence-corrected chi connectivity index (χ0v) is 15.6. The van der Waals surface area contributed by atoms with Crippen LogP contribution in [0.25, 0.3) is 5.13 Å². The highest BCUT2D eigenvalue weighted by molar-refractivity contribution is 7.12. The molecule has 2 fully saturated rings. The summed E-state index contributed by atoms with van der Waals surface area (Å²) in [7, 11) is 0. The van der Waals surface area contributed by atoms with E-state index >= 15 is 0 Å². The van der Waals surface area contributed by atoms with Crippen LogP contribution in [0, 0.1) is 25.2 Å². The zero-order chi connectivity index (χ0) is 18.5. The third kappa shape index (κ3) is 2.47. The summed E-state index contributed by atoms with van der Waals surface area (Å²) in [6.07, 6.45) is 2.19. The van der Waals surface area contributed by atoms with Crippen molar-refractivity contribution in [2.75, 3.05) is 26.3 Å². The highest BCUT2D eigenvalue weighted by atomic mass is 32.1. The summed E-state index contributed by atoms with van der Waals surface area (Å²) in [5, 5.41) is 12.5. The van der Waals surface area contributed by atoms with Gasteiger partial charge in [0.25, 0.3) is 5.91 Å². The summed E-state index contributed by atoms with van der Waals surface area (Å²) in [5.74, 6) is -1.09. The van der Waals surface area contributed by atoms with E-state index in [1.165, 1.54) is 11.3 Å². The van der Waals surface area contributed by atoms with Crippen LogP contribution in [0.2, 0.25) is 0 Å². The first-order valence-electron chi connectivity index (χ1n) is 8.63. The van der Waals surface area contributed by atoms with Crippen molar-refractivity contribution in [3.05, 3.63) is 34.6 Å². The number of hydrogen-bond donors (Lipinski definition) is 1. The van der Waals surface area contributed by atoms with Crippen molar-refractivity contribution >= 4 is 23.2 Å². The Morgan fingerprint density at radius 2 is 2.23 bits per heavy atom. The fourth-order valence-corrected chi connectivity index (χ4v) is 4.98. The van der Waals surface area contributed by atoms with Crippen molar-refractivity contribution < 1.29 is 19.4 Å². The Morgan fingerprint density at radius 3 is 2.88 bits per heavy atom. The summed E-state index contributed by atoms with van der Waals surface area (Å²) < 4.78 is 7.45. The minimum Gasteiger partial charge on any atom is -0.481 e. The molecule has 2 saturated heterocycles. The number of hydrogen-bond acceptors (Lipinski definition) is 5. The van der Waals surface area contributed by atoms with Crippen molar-refractivity contribution in [2.45, 2.75) is 20.3 Å². The number of thiazole rings is 1. The van der Waals surface area contributed by atoms with E-state index in [-0.39, 0.29) is 18.4 Å². The van der Waals surface area contributed by atoms with E-state index in [2.05, 4.69) is 4.98 Å². The van der Waals surface area contributed by atoms with Gasteiger partial charge in [-0.1, -0.05) is 0 Å². The molecule has 0 aromatic carbocycles. The van der Waals surface area contributed by atoms with Gasteiger partial charge in [-0.05, 0) is 26.3 Å². The highest BCUT2D eigenvalue weighted by Gasteiger charge is 2.55. The minimum absolute atomic E-state index is 0.115. The molecule has 4 heterocycles. The predicted octanol–water partition coefficient (Wildman–Crippen LogP) is 2.11. The number of rotatable bonds is 3. The van der Waals surface area contributed by atoms with Gasteiger partial charge in [-0.2, -0.15) is 0 Å². The number of aliphatic carboxylic acids is 1. The quantitative estimate of drug-likeness (QED) is 0.888. The number of fused-ring (bicyclic) bond motifs is 1. The number of carbonyl (C=O) groups excluding carboxylic acids is 1. The Bertz CT molecular complexity index is 860. The van der Waals surface area contributed by atoms with Crippen molar-refractivity contribution in [3.8, 4) is 5.13 Å². The molecule has 0 unspecified atom stereocenters. The van der Waals surface area contributed by atoms with E-state index in [4.69, 9.17) is 4.74 Å². The van der Waals surface area contributed by atoms with Gasteiger partial charge in [0.1, 0.15) is 0 Å². The van der Waals surface area contributed by atoms with Gasteiger partial charge in [0.2, 0.25) is 0 Å². The van der Waals surface area contributed by atoms with Crippen molar-refractivity contribution in [3.63, 3.8) is 0 Å². The standard InChI is InChI=1S/C18H21N3O4S/c1-11-7-14(12(2)21(11)17-19-4-6-26-17)15(22)20-8-13-9-25-5-3-18(13,10-20)16(23)24/h4,6-7,13H,3,5,8-10H2,1-2H3,(H,23,24)/t13-,18+/m0/s1. The maximum absolute atomic E-state index is 13.2. The van der Waals surface area contributed by atoms with Crippen LogP contribution in [-0.2, 0) is 9.53 Å². The second kappa shape index (κ2) is 6.21. The molecule has 0 spiro atoms. The van der Waals surface area contributed by atoms with E-state index in [0.717, 1.165) is 16.5 Å². The molecule has 7 nitrogen and oxygen atoms in total. The Labute approximate surface area is 155 Å². The molecule has 2 atom stereocenters. The Balaban J connectivity index is 1.65. The molecule has 1 N–H and O–H groups in total. The number of carbonyl (C=O) groups is 2. The Kier molecular flexibility index (Phi) is 4.11. The second-order valence-corrected chi connectivity index (χ2v) is 7.98. The van der Waals surface area contributed by atoms with Gasteiger partial charge < -0.3 is 14.7 Å². The van der Waals surface area contributed by atoms with Crippen LogP contribution in [0.15, 0.2) is 17.6 Å². The van der Waals surface area contributed by atoms with Crippen LogP contribution in [0.3, 0.4) is 0 Å². The van der Waals surface area contributed by atoms with Crippen LogP contribution >= 0.6 is 11.3 Å². The number of carboxylic acids is 1. The molecule has 4 rings (SSSR count). The Morgan fingerprint density at radius 1 is 1.42 bits per heavy atom. The van der Waals surface area contributed by atoms with Crippen molar-refractivity contribution in [1.29, 1.82) is 0 Å². The molecule has 2 aliphatic heterocycles. The average Bonchev–Trinajstić information content (AvgIpc) is 3.32. The van der Waals surface area contributed by atoms with E-state index in [9.17, 15) is 14.7 Å². The first-order chi connectivity index (χ1) is 12.4. The lowest BCUT2D eigenvalue weighted by Gasteiger charge is -2.33. The summed E-state index contributed by atoms with van der Waals surface area (Å²) in [4.78, 5) is 31.1. The lowest BCUT2D eigenvalue weighted by molar-refractivity contribution is -0.157. The van der Waals surface area contributed by atoms with E-state index in [0.29, 0.717) is 31.7 Å². The maximum atomic E-state index is 13.2. The molecular formula is C18H21N3O4S. The fraction of sp³-hybridized carbons (Fsp3) is 0.500. The monoisotopic (exact) mass is 375 g/mol. The summed E-state index contributed by atoms with van der Waals surface area (Å²) >= 11 is 1.51. The summed E-state index contributed by atoms with van der Waals surface area (Å²) in [6, 6.07) is 1.87. The number of carboxylic acid groups (broad SMARTS) is 1. The van der Waals surface area contributed by atoms with E-state index in [1.807, 2.05) is 29.9 Å². The molecule has 0 radical (unpaired) electrons. The molecule has 1 amide bonds. The van der Waals surface area contributed by atoms with Crippen LogP contribution in [0.4, 0.5) is 0 Å². The lowest BCUT2D eigenvalue weighted by Crippen LogP contribution is -2.45. The third-order valence-electron chi connectivity index (χ3n) is 5.69. The largest absolute Gasteiger partial charge is 0.481 e. The van der Waals surface area contributed by atoms with Gasteiger partial charge in [-0.15, -0.1) is 11.3 Å². The van der Waals surface area contributed by atoms with Crippen molar-refractivity contribution in [2.24, 2.45) is 11.3 Å². The SMILES string of the molecule is Cc1cc(C(=O)N2C[C@H]3COCC[C@@]3(C(=O)O)C2)c(C)n1-c1nccs1. The van der Waals surface area contributed by atoms with Crippen LogP contribution in [0.1, 0.15) is 28.2 Å². The zero-order valence-electron chi connectivity index (χ0n) is 14.8. The average molecular weight is 375 g/mol. The summed E-state index contributed by atoms with van der Waals surface area (Å²) in [6.45, 7) is 5.35. The number of likely N-dealkylation sites (tertiary alicyclic amines) is 1. The number of amides is 1. The van der Waals surface area contributed by atoms with Gasteiger partial charge in [0.05, 0.1) is 17.6 Å². The number of aromatic nitrogens is 2. The molecule has 0 bridgehead atoms. The Hall–Kier alpha value is -2.19. The molecule has 0 saturated carbocycles. The van der Waals surface area contributed by atoms with Crippen molar-refractivity contribution in [1.82, 2.24) is 14.5 Å². The van der Waals surface area contributed by atoms with Crippen LogP contribution < -0.4 is 0 Å². The van der Waals surface area contributed by atoms with Gasteiger partial charge in [0, 0.05) is 48.6 Å². The molecule has 0 aliphatic carbocycles. The van der Waals surface area contributed by atoms with Gasteiger partial charge >= 0.3 is 5.97 Å². The first-order valence-corrected chi connectivity index (χ1v) is 9.51.